The van der Waals surface area contributed by atoms with Crippen molar-refractivity contribution in [3.63, 3.8) is 0 Å². The second-order valence-electron chi connectivity index (χ2n) is 7.27. The van der Waals surface area contributed by atoms with E-state index in [9.17, 15) is 22.4 Å². The van der Waals surface area contributed by atoms with Gasteiger partial charge in [0.15, 0.2) is 0 Å². The average Bonchev–Trinajstić information content (AvgIpc) is 2.98. The normalized spacial score (nSPS) is 32.2. The number of nitrogens with zero attached hydrogens (tertiary/aromatic N) is 2. The molecular weight excluding hydrogens is 326 g/mol. The minimum absolute atomic E-state index is 0.0321. The van der Waals surface area contributed by atoms with E-state index in [1.54, 1.807) is 4.90 Å². The van der Waals surface area contributed by atoms with Crippen molar-refractivity contribution in [1.29, 1.82) is 0 Å². The van der Waals surface area contributed by atoms with E-state index in [1.807, 2.05) is 0 Å². The number of amides is 1. The van der Waals surface area contributed by atoms with Crippen molar-refractivity contribution in [3.05, 3.63) is 0 Å². The van der Waals surface area contributed by atoms with Crippen LogP contribution in [0.4, 0.5) is 17.6 Å². The largest absolute Gasteiger partial charge is 0.339 e. The van der Waals surface area contributed by atoms with Crippen molar-refractivity contribution in [1.82, 2.24) is 15.1 Å². The lowest BCUT2D eigenvalue weighted by Gasteiger charge is -2.37. The van der Waals surface area contributed by atoms with E-state index < -0.39 is 18.9 Å². The minimum atomic E-state index is -3.99. The number of nitrogens with one attached hydrogen (secondary N) is 1. The fourth-order valence-electron chi connectivity index (χ4n) is 4.22. The standard InChI is InChI=1S/C16H25F4N3O/c17-15(18)16(19,20)10-22-5-7-23(8-6-22)14(24)13-9-11-3-1-2-4-12(11)21-13/h11-13,15,21H,1-10H2. The van der Waals surface area contributed by atoms with Gasteiger partial charge in [-0.1, -0.05) is 12.8 Å². The Balaban J connectivity index is 1.47. The second-order valence-corrected chi connectivity index (χ2v) is 7.27. The average molecular weight is 351 g/mol. The summed E-state index contributed by atoms with van der Waals surface area (Å²) in [5.41, 5.74) is 0. The van der Waals surface area contributed by atoms with Crippen LogP contribution in [0.1, 0.15) is 32.1 Å². The van der Waals surface area contributed by atoms with E-state index in [0.29, 0.717) is 25.0 Å². The van der Waals surface area contributed by atoms with E-state index in [1.165, 1.54) is 17.7 Å². The summed E-state index contributed by atoms with van der Waals surface area (Å²) in [7, 11) is 0. The predicted molar refractivity (Wildman–Crippen MR) is 81.3 cm³/mol. The number of hydrogen-bond donors (Lipinski definition) is 1. The van der Waals surface area contributed by atoms with Crippen molar-refractivity contribution in [2.45, 2.75) is 56.5 Å². The number of rotatable bonds is 4. The number of carbonyl (C=O) groups excluding carboxylic acids is 1. The number of carbonyl (C=O) groups is 1. The maximum absolute atomic E-state index is 13.1. The number of alkyl halides is 4. The van der Waals surface area contributed by atoms with E-state index in [2.05, 4.69) is 5.32 Å². The second kappa shape index (κ2) is 7.15. The van der Waals surface area contributed by atoms with Gasteiger partial charge in [-0.3, -0.25) is 9.69 Å². The van der Waals surface area contributed by atoms with E-state index >= 15 is 0 Å². The van der Waals surface area contributed by atoms with Crippen LogP contribution in [0.3, 0.4) is 0 Å². The first-order valence-electron chi connectivity index (χ1n) is 8.80. The fourth-order valence-corrected chi connectivity index (χ4v) is 4.22. The lowest BCUT2D eigenvalue weighted by molar-refractivity contribution is -0.148. The Morgan fingerprint density at radius 1 is 1.12 bits per heavy atom. The Kier molecular flexibility index (Phi) is 5.34. The van der Waals surface area contributed by atoms with Crippen molar-refractivity contribution in [2.24, 2.45) is 5.92 Å². The highest BCUT2D eigenvalue weighted by molar-refractivity contribution is 5.82. The van der Waals surface area contributed by atoms with Gasteiger partial charge in [0.2, 0.25) is 5.91 Å². The highest BCUT2D eigenvalue weighted by atomic mass is 19.3. The van der Waals surface area contributed by atoms with Gasteiger partial charge in [0.1, 0.15) is 0 Å². The molecule has 3 fully saturated rings. The Hall–Kier alpha value is -0.890. The molecule has 0 aromatic heterocycles. The quantitative estimate of drug-likeness (QED) is 0.787. The molecule has 1 saturated carbocycles. The van der Waals surface area contributed by atoms with Crippen LogP contribution in [-0.4, -0.2) is 72.9 Å². The molecule has 3 rings (SSSR count). The van der Waals surface area contributed by atoms with Crippen molar-refractivity contribution < 1.29 is 22.4 Å². The van der Waals surface area contributed by atoms with Crippen LogP contribution in [0.2, 0.25) is 0 Å². The highest BCUT2D eigenvalue weighted by Crippen LogP contribution is 2.33. The Bertz CT molecular complexity index is 441. The van der Waals surface area contributed by atoms with Crippen molar-refractivity contribution >= 4 is 5.91 Å². The van der Waals surface area contributed by atoms with E-state index in [-0.39, 0.29) is 25.0 Å². The highest BCUT2D eigenvalue weighted by Gasteiger charge is 2.44. The number of piperazine rings is 1. The van der Waals surface area contributed by atoms with Crippen LogP contribution < -0.4 is 5.32 Å². The Morgan fingerprint density at radius 2 is 1.79 bits per heavy atom. The molecule has 3 atom stereocenters. The van der Waals surface area contributed by atoms with Gasteiger partial charge in [-0.05, 0) is 25.2 Å². The van der Waals surface area contributed by atoms with Crippen LogP contribution in [0.15, 0.2) is 0 Å². The summed E-state index contributed by atoms with van der Waals surface area (Å²) >= 11 is 0. The topological polar surface area (TPSA) is 35.6 Å². The zero-order valence-electron chi connectivity index (χ0n) is 13.7. The van der Waals surface area contributed by atoms with Gasteiger partial charge >= 0.3 is 12.3 Å². The zero-order chi connectivity index (χ0) is 17.3. The third kappa shape index (κ3) is 3.85. The van der Waals surface area contributed by atoms with Crippen LogP contribution >= 0.6 is 0 Å². The summed E-state index contributed by atoms with van der Waals surface area (Å²) in [6.07, 6.45) is 1.91. The molecule has 0 bridgehead atoms. The molecule has 0 radical (unpaired) electrons. The molecule has 0 aromatic carbocycles. The van der Waals surface area contributed by atoms with Gasteiger partial charge in [0, 0.05) is 32.2 Å². The fraction of sp³-hybridized carbons (Fsp3) is 0.938. The van der Waals surface area contributed by atoms with Crippen LogP contribution in [-0.2, 0) is 4.79 Å². The summed E-state index contributed by atoms with van der Waals surface area (Å²) in [5.74, 6) is -3.39. The predicted octanol–water partition coefficient (Wildman–Crippen LogP) is 1.95. The molecule has 2 saturated heterocycles. The Morgan fingerprint density at radius 3 is 2.42 bits per heavy atom. The maximum Gasteiger partial charge on any atom is 0.319 e. The molecule has 1 N–H and O–H groups in total. The van der Waals surface area contributed by atoms with Gasteiger partial charge in [-0.25, -0.2) is 8.78 Å². The SMILES string of the molecule is O=C(C1CC2CCCCC2N1)N1CCN(CC(F)(F)C(F)F)CC1. The minimum Gasteiger partial charge on any atom is -0.339 e. The third-order valence-electron chi connectivity index (χ3n) is 5.60. The first kappa shape index (κ1) is 17.9. The lowest BCUT2D eigenvalue weighted by Crippen LogP contribution is -2.55. The third-order valence-corrected chi connectivity index (χ3v) is 5.60. The van der Waals surface area contributed by atoms with E-state index in [4.69, 9.17) is 0 Å². The van der Waals surface area contributed by atoms with Gasteiger partial charge in [0.05, 0.1) is 12.6 Å². The smallest absolute Gasteiger partial charge is 0.319 e. The number of hydrogen-bond acceptors (Lipinski definition) is 3. The molecule has 2 aliphatic heterocycles. The summed E-state index contributed by atoms with van der Waals surface area (Å²) in [5, 5.41) is 3.43. The first-order valence-corrected chi connectivity index (χ1v) is 8.80. The molecular formula is C16H25F4N3O. The summed E-state index contributed by atoms with van der Waals surface area (Å²) in [6.45, 7) is 0.136. The molecule has 3 aliphatic rings. The van der Waals surface area contributed by atoms with E-state index in [0.717, 1.165) is 19.3 Å². The molecule has 1 amide bonds. The molecule has 0 spiro atoms. The number of halogens is 4. The molecule has 4 nitrogen and oxygen atoms in total. The van der Waals surface area contributed by atoms with Gasteiger partial charge < -0.3 is 10.2 Å². The van der Waals surface area contributed by atoms with Gasteiger partial charge in [-0.15, -0.1) is 0 Å². The monoisotopic (exact) mass is 351 g/mol. The lowest BCUT2D eigenvalue weighted by atomic mass is 9.85. The zero-order valence-corrected chi connectivity index (χ0v) is 13.7. The summed E-state index contributed by atoms with van der Waals surface area (Å²) in [4.78, 5) is 15.6. The van der Waals surface area contributed by atoms with Gasteiger partial charge in [0.25, 0.3) is 0 Å². The van der Waals surface area contributed by atoms with Crippen molar-refractivity contribution in [2.75, 3.05) is 32.7 Å². The van der Waals surface area contributed by atoms with Crippen molar-refractivity contribution in [3.8, 4) is 0 Å². The molecule has 0 aromatic rings. The molecule has 138 valence electrons. The van der Waals surface area contributed by atoms with Gasteiger partial charge in [-0.2, -0.15) is 8.78 Å². The molecule has 3 unspecified atom stereocenters. The Labute approximate surface area is 139 Å². The summed E-state index contributed by atoms with van der Waals surface area (Å²) in [6, 6.07) is 0.255. The van der Waals surface area contributed by atoms with Crippen LogP contribution in [0.25, 0.3) is 0 Å². The first-order chi connectivity index (χ1) is 11.4. The molecule has 8 heteroatoms. The number of fused-ring (bicyclic) bond motifs is 1. The maximum atomic E-state index is 13.1. The van der Waals surface area contributed by atoms with Crippen LogP contribution in [0, 0.1) is 5.92 Å². The van der Waals surface area contributed by atoms with Crippen LogP contribution in [0.5, 0.6) is 0 Å². The molecule has 24 heavy (non-hydrogen) atoms. The molecule has 2 heterocycles. The molecule has 1 aliphatic carbocycles. The summed E-state index contributed by atoms with van der Waals surface area (Å²) < 4.78 is 50.8.